The maximum absolute atomic E-state index is 11.1. The molecular weight excluding hydrogens is 272 g/mol. The zero-order valence-corrected chi connectivity index (χ0v) is 11.5. The van der Waals surface area contributed by atoms with E-state index >= 15 is 0 Å². The van der Waals surface area contributed by atoms with Gasteiger partial charge in [0, 0.05) is 0 Å². The zero-order chi connectivity index (χ0) is 14.6. The Kier molecular flexibility index (Phi) is 4.79. The van der Waals surface area contributed by atoms with Crippen LogP contribution in [-0.2, 0) is 16.5 Å². The van der Waals surface area contributed by atoms with E-state index in [1.165, 1.54) is 26.4 Å². The fourth-order valence-electron chi connectivity index (χ4n) is 1.61. The second kappa shape index (κ2) is 5.94. The van der Waals surface area contributed by atoms with Crippen molar-refractivity contribution in [2.75, 3.05) is 14.2 Å². The summed E-state index contributed by atoms with van der Waals surface area (Å²) in [7, 11) is -1.49. The molecule has 0 heterocycles. The summed E-state index contributed by atoms with van der Waals surface area (Å²) < 4.78 is 41.2. The number of rotatable bonds is 6. The molecular formula is C12H16O6S. The molecule has 1 aromatic carbocycles. The van der Waals surface area contributed by atoms with Crippen LogP contribution in [0.3, 0.4) is 0 Å². The lowest BCUT2D eigenvalue weighted by Crippen LogP contribution is -2.20. The van der Waals surface area contributed by atoms with Crippen LogP contribution in [0.5, 0.6) is 17.2 Å². The van der Waals surface area contributed by atoms with Gasteiger partial charge in [0.1, 0.15) is 5.25 Å². The van der Waals surface area contributed by atoms with Crippen LogP contribution in [0.15, 0.2) is 24.8 Å². The van der Waals surface area contributed by atoms with Gasteiger partial charge in [0.25, 0.3) is 10.1 Å². The van der Waals surface area contributed by atoms with Crippen LogP contribution in [-0.4, -0.2) is 37.5 Å². The number of methoxy groups -OCH3 is 2. The SMILES string of the molecule is C=CC(Cc1cc(OC)c(O)c(OC)c1)S(=O)(=O)O. The second-order valence-corrected chi connectivity index (χ2v) is 5.48. The lowest BCUT2D eigenvalue weighted by molar-refractivity contribution is 0.339. The lowest BCUT2D eigenvalue weighted by atomic mass is 10.1. The molecule has 0 saturated heterocycles. The summed E-state index contributed by atoms with van der Waals surface area (Å²) >= 11 is 0. The molecule has 1 unspecified atom stereocenters. The Morgan fingerprint density at radius 3 is 2.11 bits per heavy atom. The minimum absolute atomic E-state index is 0.00463. The Balaban J connectivity index is 3.18. The molecule has 0 aliphatic rings. The van der Waals surface area contributed by atoms with Crippen molar-refractivity contribution < 1.29 is 27.6 Å². The van der Waals surface area contributed by atoms with E-state index in [1.807, 2.05) is 0 Å². The van der Waals surface area contributed by atoms with E-state index < -0.39 is 15.4 Å². The number of phenolic OH excluding ortho intramolecular Hbond substituents is 1. The summed E-state index contributed by atoms with van der Waals surface area (Å²) in [5.41, 5.74) is 0.522. The molecule has 1 aromatic rings. The van der Waals surface area contributed by atoms with E-state index in [9.17, 15) is 13.5 Å². The first-order valence-corrected chi connectivity index (χ1v) is 6.86. The number of ether oxygens (including phenoxy) is 2. The first-order chi connectivity index (χ1) is 8.83. The first kappa shape index (κ1) is 15.3. The Labute approximate surface area is 112 Å². The van der Waals surface area contributed by atoms with Gasteiger partial charge in [0.15, 0.2) is 11.5 Å². The first-order valence-electron chi connectivity index (χ1n) is 5.36. The van der Waals surface area contributed by atoms with Gasteiger partial charge in [-0.2, -0.15) is 8.42 Å². The summed E-state index contributed by atoms with van der Waals surface area (Å²) in [6.07, 6.45) is 1.14. The van der Waals surface area contributed by atoms with Gasteiger partial charge in [0.2, 0.25) is 5.75 Å². The highest BCUT2D eigenvalue weighted by atomic mass is 32.2. The van der Waals surface area contributed by atoms with E-state index in [0.29, 0.717) is 5.56 Å². The Morgan fingerprint density at radius 1 is 1.32 bits per heavy atom. The van der Waals surface area contributed by atoms with Crippen LogP contribution in [0, 0.1) is 0 Å². The van der Waals surface area contributed by atoms with Gasteiger partial charge in [-0.3, -0.25) is 4.55 Å². The van der Waals surface area contributed by atoms with Crippen molar-refractivity contribution in [1.82, 2.24) is 0 Å². The van der Waals surface area contributed by atoms with Gasteiger partial charge in [-0.1, -0.05) is 6.08 Å². The number of benzene rings is 1. The molecule has 6 nitrogen and oxygen atoms in total. The molecule has 0 amide bonds. The monoisotopic (exact) mass is 288 g/mol. The van der Waals surface area contributed by atoms with Crippen LogP contribution in [0.4, 0.5) is 0 Å². The standard InChI is InChI=1S/C12H16O6S/c1-4-9(19(14,15)16)5-8-6-10(17-2)12(13)11(7-8)18-3/h4,6-7,9,13H,1,5H2,2-3H3,(H,14,15,16). The van der Waals surface area contributed by atoms with Gasteiger partial charge in [-0.25, -0.2) is 0 Å². The van der Waals surface area contributed by atoms with Crippen LogP contribution < -0.4 is 9.47 Å². The Hall–Kier alpha value is -1.73. The Bertz CT molecular complexity index is 539. The van der Waals surface area contributed by atoms with Crippen LogP contribution in [0.1, 0.15) is 5.56 Å². The van der Waals surface area contributed by atoms with E-state index in [-0.39, 0.29) is 23.7 Å². The highest BCUT2D eigenvalue weighted by molar-refractivity contribution is 7.86. The average Bonchev–Trinajstić information content (AvgIpc) is 2.35. The second-order valence-electron chi connectivity index (χ2n) is 3.84. The lowest BCUT2D eigenvalue weighted by Gasteiger charge is -2.13. The number of aromatic hydroxyl groups is 1. The number of hydrogen-bond donors (Lipinski definition) is 2. The van der Waals surface area contributed by atoms with Crippen molar-refractivity contribution in [2.45, 2.75) is 11.7 Å². The normalized spacial score (nSPS) is 12.8. The molecule has 0 radical (unpaired) electrons. The summed E-state index contributed by atoms with van der Waals surface area (Å²) in [6.45, 7) is 3.38. The highest BCUT2D eigenvalue weighted by Crippen LogP contribution is 2.37. The maximum atomic E-state index is 11.1. The minimum Gasteiger partial charge on any atom is -0.502 e. The molecule has 1 rings (SSSR count). The van der Waals surface area contributed by atoms with Crippen LogP contribution in [0.2, 0.25) is 0 Å². The van der Waals surface area contributed by atoms with Crippen molar-refractivity contribution in [3.8, 4) is 17.2 Å². The molecule has 0 aliphatic heterocycles. The molecule has 106 valence electrons. The fourth-order valence-corrected chi connectivity index (χ4v) is 2.25. The molecule has 0 aliphatic carbocycles. The largest absolute Gasteiger partial charge is 0.502 e. The smallest absolute Gasteiger partial charge is 0.271 e. The molecule has 0 aromatic heterocycles. The van der Waals surface area contributed by atoms with Crippen molar-refractivity contribution >= 4 is 10.1 Å². The van der Waals surface area contributed by atoms with E-state index in [2.05, 4.69) is 6.58 Å². The summed E-state index contributed by atoms with van der Waals surface area (Å²) in [5, 5.41) is 8.59. The summed E-state index contributed by atoms with van der Waals surface area (Å²) in [4.78, 5) is 0. The van der Waals surface area contributed by atoms with Gasteiger partial charge in [-0.15, -0.1) is 6.58 Å². The minimum atomic E-state index is -4.22. The number of phenols is 1. The summed E-state index contributed by atoms with van der Waals surface area (Å²) in [6, 6.07) is 2.94. The van der Waals surface area contributed by atoms with E-state index in [0.717, 1.165) is 6.08 Å². The third kappa shape index (κ3) is 3.62. The van der Waals surface area contributed by atoms with Gasteiger partial charge in [-0.05, 0) is 24.1 Å². The van der Waals surface area contributed by atoms with Crippen LogP contribution >= 0.6 is 0 Å². The predicted octanol–water partition coefficient (Wildman–Crippen LogP) is 1.39. The molecule has 0 saturated carbocycles. The molecule has 19 heavy (non-hydrogen) atoms. The summed E-state index contributed by atoms with van der Waals surface area (Å²) in [5.74, 6) is 0.149. The number of hydrogen-bond acceptors (Lipinski definition) is 5. The molecule has 0 bridgehead atoms. The predicted molar refractivity (Wildman–Crippen MR) is 70.4 cm³/mol. The van der Waals surface area contributed by atoms with Crippen molar-refractivity contribution in [2.24, 2.45) is 0 Å². The zero-order valence-electron chi connectivity index (χ0n) is 10.7. The van der Waals surface area contributed by atoms with Crippen molar-refractivity contribution in [1.29, 1.82) is 0 Å². The molecule has 7 heteroatoms. The third-order valence-electron chi connectivity index (χ3n) is 2.62. The van der Waals surface area contributed by atoms with Crippen molar-refractivity contribution in [3.63, 3.8) is 0 Å². The average molecular weight is 288 g/mol. The quantitative estimate of drug-likeness (QED) is 0.607. The maximum Gasteiger partial charge on any atom is 0.271 e. The van der Waals surface area contributed by atoms with Gasteiger partial charge in [0.05, 0.1) is 14.2 Å². The molecule has 2 N–H and O–H groups in total. The Morgan fingerprint density at radius 2 is 1.79 bits per heavy atom. The molecule has 0 spiro atoms. The van der Waals surface area contributed by atoms with Crippen molar-refractivity contribution in [3.05, 3.63) is 30.4 Å². The topological polar surface area (TPSA) is 93.1 Å². The van der Waals surface area contributed by atoms with E-state index in [1.54, 1.807) is 0 Å². The van der Waals surface area contributed by atoms with E-state index in [4.69, 9.17) is 14.0 Å². The highest BCUT2D eigenvalue weighted by Gasteiger charge is 2.21. The van der Waals surface area contributed by atoms with Crippen LogP contribution in [0.25, 0.3) is 0 Å². The molecule has 1 atom stereocenters. The van der Waals surface area contributed by atoms with Gasteiger partial charge >= 0.3 is 0 Å². The van der Waals surface area contributed by atoms with Gasteiger partial charge < -0.3 is 14.6 Å². The fraction of sp³-hybridized carbons (Fsp3) is 0.333. The third-order valence-corrected chi connectivity index (χ3v) is 3.75. The molecule has 0 fully saturated rings.